The molecule has 0 aromatic heterocycles. The van der Waals surface area contributed by atoms with Gasteiger partial charge in [0.25, 0.3) is 0 Å². The molecule has 2 fully saturated rings. The monoisotopic (exact) mass is 273 g/mol. The van der Waals surface area contributed by atoms with Crippen molar-refractivity contribution in [1.82, 2.24) is 5.32 Å². The van der Waals surface area contributed by atoms with Crippen LogP contribution in [-0.4, -0.2) is 47.0 Å². The number of hydrogen-bond donors (Lipinski definition) is 2. The third kappa shape index (κ3) is 4.41. The molecule has 1 aliphatic carbocycles. The van der Waals surface area contributed by atoms with Crippen molar-refractivity contribution < 1.29 is 9.84 Å². The number of thioether (sulfide) groups is 1. The van der Waals surface area contributed by atoms with Crippen LogP contribution in [0.3, 0.4) is 0 Å². The molecular formula is C14H27NO2S. The largest absolute Gasteiger partial charge is 0.394 e. The molecule has 4 heteroatoms. The Balaban J connectivity index is 1.60. The summed E-state index contributed by atoms with van der Waals surface area (Å²) >= 11 is 2.04. The van der Waals surface area contributed by atoms with Gasteiger partial charge in [-0.05, 0) is 51.7 Å². The Labute approximate surface area is 115 Å². The number of aliphatic hydroxyl groups excluding tert-OH is 1. The average Bonchev–Trinajstić information content (AvgIpc) is 3.07. The zero-order chi connectivity index (χ0) is 13.0. The normalized spacial score (nSPS) is 31.5. The minimum absolute atomic E-state index is 0.0699. The van der Waals surface area contributed by atoms with Crippen LogP contribution in [0.4, 0.5) is 0 Å². The third-order valence-electron chi connectivity index (χ3n) is 3.99. The molecule has 1 saturated heterocycles. The molecular weight excluding hydrogens is 246 g/mol. The third-order valence-corrected chi connectivity index (χ3v) is 5.56. The molecule has 1 aliphatic heterocycles. The highest BCUT2D eigenvalue weighted by molar-refractivity contribution is 7.99. The molecule has 3 nitrogen and oxygen atoms in total. The van der Waals surface area contributed by atoms with Crippen LogP contribution in [0.15, 0.2) is 0 Å². The molecule has 18 heavy (non-hydrogen) atoms. The summed E-state index contributed by atoms with van der Waals surface area (Å²) in [5.41, 5.74) is -0.0699. The van der Waals surface area contributed by atoms with E-state index < -0.39 is 0 Å². The maximum atomic E-state index is 9.53. The lowest BCUT2D eigenvalue weighted by atomic mass is 9.97. The summed E-state index contributed by atoms with van der Waals surface area (Å²) in [6.45, 7) is 5.50. The highest BCUT2D eigenvalue weighted by Crippen LogP contribution is 2.29. The maximum Gasteiger partial charge on any atom is 0.0666 e. The van der Waals surface area contributed by atoms with E-state index >= 15 is 0 Å². The van der Waals surface area contributed by atoms with Gasteiger partial charge in [0, 0.05) is 23.4 Å². The molecule has 0 spiro atoms. The van der Waals surface area contributed by atoms with Crippen molar-refractivity contribution in [3.8, 4) is 0 Å². The smallest absolute Gasteiger partial charge is 0.0666 e. The van der Waals surface area contributed by atoms with Gasteiger partial charge in [-0.15, -0.1) is 0 Å². The molecule has 2 aliphatic rings. The Hall–Kier alpha value is 0.230. The molecule has 2 N–H and O–H groups in total. The fourth-order valence-electron chi connectivity index (χ4n) is 2.55. The highest BCUT2D eigenvalue weighted by atomic mass is 32.2. The molecule has 0 amide bonds. The van der Waals surface area contributed by atoms with Gasteiger partial charge in [-0.25, -0.2) is 0 Å². The quantitative estimate of drug-likeness (QED) is 0.665. The Morgan fingerprint density at radius 1 is 1.39 bits per heavy atom. The first-order valence-electron chi connectivity index (χ1n) is 7.25. The molecule has 0 aromatic carbocycles. The number of rotatable bonds is 8. The molecule has 0 radical (unpaired) electrons. The van der Waals surface area contributed by atoms with Crippen LogP contribution in [0.5, 0.6) is 0 Å². The van der Waals surface area contributed by atoms with Crippen LogP contribution in [0, 0.1) is 0 Å². The number of nitrogens with one attached hydrogen (secondary N) is 1. The average molecular weight is 273 g/mol. The predicted octanol–water partition coefficient (Wildman–Crippen LogP) is 2.18. The minimum atomic E-state index is -0.0699. The Kier molecular flexibility index (Phi) is 5.36. The number of aliphatic hydroxyl groups is 1. The summed E-state index contributed by atoms with van der Waals surface area (Å²) < 4.78 is 5.57. The molecule has 0 bridgehead atoms. The minimum Gasteiger partial charge on any atom is -0.394 e. The Morgan fingerprint density at radius 2 is 2.17 bits per heavy atom. The fourth-order valence-corrected chi connectivity index (χ4v) is 3.77. The fraction of sp³-hybridized carbons (Fsp3) is 1.00. The summed E-state index contributed by atoms with van der Waals surface area (Å²) in [7, 11) is 0. The van der Waals surface area contributed by atoms with Gasteiger partial charge in [-0.1, -0.05) is 0 Å². The van der Waals surface area contributed by atoms with Crippen molar-refractivity contribution in [1.29, 1.82) is 0 Å². The lowest BCUT2D eigenvalue weighted by Crippen LogP contribution is -2.47. The van der Waals surface area contributed by atoms with Crippen molar-refractivity contribution in [2.45, 2.75) is 68.9 Å². The topological polar surface area (TPSA) is 41.5 Å². The van der Waals surface area contributed by atoms with Gasteiger partial charge in [-0.2, -0.15) is 11.8 Å². The van der Waals surface area contributed by atoms with Gasteiger partial charge in [-0.3, -0.25) is 0 Å². The summed E-state index contributed by atoms with van der Waals surface area (Å²) in [6.07, 6.45) is 6.41. The number of ether oxygens (including phenoxy) is 1. The first-order chi connectivity index (χ1) is 8.63. The van der Waals surface area contributed by atoms with Crippen molar-refractivity contribution >= 4 is 11.8 Å². The first kappa shape index (κ1) is 14.6. The zero-order valence-corrected chi connectivity index (χ0v) is 12.5. The lowest BCUT2D eigenvalue weighted by molar-refractivity contribution is 0.127. The van der Waals surface area contributed by atoms with Gasteiger partial charge in [0.2, 0.25) is 0 Å². The summed E-state index contributed by atoms with van der Waals surface area (Å²) in [5.74, 6) is 1.18. The van der Waals surface area contributed by atoms with Crippen LogP contribution < -0.4 is 5.32 Å². The second-order valence-corrected chi connectivity index (χ2v) is 7.36. The van der Waals surface area contributed by atoms with E-state index in [2.05, 4.69) is 19.2 Å². The second kappa shape index (κ2) is 6.60. The lowest BCUT2D eigenvalue weighted by Gasteiger charge is -2.29. The van der Waals surface area contributed by atoms with Gasteiger partial charge in [0.05, 0.1) is 12.7 Å². The van der Waals surface area contributed by atoms with E-state index in [0.29, 0.717) is 17.4 Å². The van der Waals surface area contributed by atoms with E-state index in [0.717, 1.165) is 13.0 Å². The SMILES string of the molecule is CC1OCCC1SCCCC(C)(CO)NC1CC1. The molecule has 3 atom stereocenters. The molecule has 1 heterocycles. The van der Waals surface area contributed by atoms with Crippen molar-refractivity contribution in [3.63, 3.8) is 0 Å². The van der Waals surface area contributed by atoms with Crippen LogP contribution in [0.2, 0.25) is 0 Å². The highest BCUT2D eigenvalue weighted by Gasteiger charge is 2.31. The molecule has 1 saturated carbocycles. The van der Waals surface area contributed by atoms with Crippen LogP contribution in [0.25, 0.3) is 0 Å². The van der Waals surface area contributed by atoms with Gasteiger partial charge >= 0.3 is 0 Å². The van der Waals surface area contributed by atoms with E-state index in [1.54, 1.807) is 0 Å². The maximum absolute atomic E-state index is 9.53. The second-order valence-electron chi connectivity index (χ2n) is 6.01. The molecule has 2 rings (SSSR count). The van der Waals surface area contributed by atoms with Gasteiger partial charge in [0.15, 0.2) is 0 Å². The number of hydrogen-bond acceptors (Lipinski definition) is 4. The van der Waals surface area contributed by atoms with E-state index in [1.807, 2.05) is 11.8 Å². The molecule has 0 aromatic rings. The van der Waals surface area contributed by atoms with Gasteiger partial charge in [0.1, 0.15) is 0 Å². The Morgan fingerprint density at radius 3 is 2.72 bits per heavy atom. The molecule has 3 unspecified atom stereocenters. The standard InChI is InChI=1S/C14H27NO2S/c1-11-13(6-8-17-11)18-9-3-7-14(2,10-16)15-12-4-5-12/h11-13,15-16H,3-10H2,1-2H3. The molecule has 106 valence electrons. The van der Waals surface area contributed by atoms with E-state index in [-0.39, 0.29) is 12.1 Å². The van der Waals surface area contributed by atoms with E-state index in [9.17, 15) is 5.11 Å². The first-order valence-corrected chi connectivity index (χ1v) is 8.29. The predicted molar refractivity (Wildman–Crippen MR) is 77.2 cm³/mol. The summed E-state index contributed by atoms with van der Waals surface area (Å²) in [6, 6.07) is 0.665. The van der Waals surface area contributed by atoms with E-state index in [1.165, 1.54) is 31.4 Å². The van der Waals surface area contributed by atoms with Crippen LogP contribution in [-0.2, 0) is 4.74 Å². The Bertz CT molecular complexity index is 260. The van der Waals surface area contributed by atoms with Crippen LogP contribution >= 0.6 is 11.8 Å². The van der Waals surface area contributed by atoms with Crippen molar-refractivity contribution in [3.05, 3.63) is 0 Å². The van der Waals surface area contributed by atoms with Crippen LogP contribution in [0.1, 0.15) is 46.0 Å². The summed E-state index contributed by atoms with van der Waals surface area (Å²) in [5, 5.41) is 13.8. The van der Waals surface area contributed by atoms with Crippen molar-refractivity contribution in [2.24, 2.45) is 0 Å². The zero-order valence-electron chi connectivity index (χ0n) is 11.7. The van der Waals surface area contributed by atoms with Crippen molar-refractivity contribution in [2.75, 3.05) is 19.0 Å². The van der Waals surface area contributed by atoms with Gasteiger partial charge < -0.3 is 15.2 Å². The van der Waals surface area contributed by atoms with E-state index in [4.69, 9.17) is 4.74 Å². The summed E-state index contributed by atoms with van der Waals surface area (Å²) in [4.78, 5) is 0.